The van der Waals surface area contributed by atoms with Crippen LogP contribution in [-0.4, -0.2) is 44.8 Å². The number of halogens is 1. The molecular weight excluding hydrogens is 350 g/mol. The van der Waals surface area contributed by atoms with E-state index in [-0.39, 0.29) is 6.04 Å². The van der Waals surface area contributed by atoms with Crippen LogP contribution in [0.25, 0.3) is 0 Å². The minimum atomic E-state index is 0.0923. The van der Waals surface area contributed by atoms with E-state index in [2.05, 4.69) is 15.8 Å². The van der Waals surface area contributed by atoms with Crippen molar-refractivity contribution in [2.24, 2.45) is 5.10 Å². The Morgan fingerprint density at radius 3 is 2.79 bits per heavy atom. The van der Waals surface area contributed by atoms with Crippen molar-refractivity contribution in [3.8, 4) is 11.5 Å². The Balaban J connectivity index is 2.70. The van der Waals surface area contributed by atoms with E-state index < -0.39 is 0 Å². The van der Waals surface area contributed by atoms with Crippen LogP contribution in [-0.2, 0) is 4.74 Å². The molecular formula is C16H24ClN3O3S. The third kappa shape index (κ3) is 6.90. The summed E-state index contributed by atoms with van der Waals surface area (Å²) in [6, 6.07) is 3.64. The monoisotopic (exact) mass is 373 g/mol. The summed E-state index contributed by atoms with van der Waals surface area (Å²) in [5, 5.41) is 8.02. The largest absolute Gasteiger partial charge is 0.493 e. The molecule has 0 saturated heterocycles. The highest BCUT2D eigenvalue weighted by molar-refractivity contribution is 7.80. The molecule has 0 heterocycles. The van der Waals surface area contributed by atoms with Gasteiger partial charge in [0.05, 0.1) is 31.6 Å². The molecule has 8 heteroatoms. The van der Waals surface area contributed by atoms with E-state index in [9.17, 15) is 0 Å². The Morgan fingerprint density at radius 2 is 2.17 bits per heavy atom. The molecule has 6 nitrogen and oxygen atoms in total. The van der Waals surface area contributed by atoms with Crippen molar-refractivity contribution in [3.63, 3.8) is 0 Å². The molecule has 0 spiro atoms. The van der Waals surface area contributed by atoms with Crippen LogP contribution in [0.15, 0.2) is 17.2 Å². The highest BCUT2D eigenvalue weighted by Crippen LogP contribution is 2.36. The summed E-state index contributed by atoms with van der Waals surface area (Å²) in [5.74, 6) is 1.10. The van der Waals surface area contributed by atoms with Crippen LogP contribution < -0.4 is 20.2 Å². The van der Waals surface area contributed by atoms with Gasteiger partial charge in [-0.05, 0) is 43.3 Å². The molecule has 1 atom stereocenters. The normalized spacial score (nSPS) is 12.0. The van der Waals surface area contributed by atoms with E-state index in [1.807, 2.05) is 13.8 Å². The van der Waals surface area contributed by atoms with Crippen molar-refractivity contribution in [2.45, 2.75) is 26.3 Å². The first-order chi connectivity index (χ1) is 11.5. The minimum absolute atomic E-state index is 0.0923. The summed E-state index contributed by atoms with van der Waals surface area (Å²) >= 11 is 11.4. The lowest BCUT2D eigenvalue weighted by molar-refractivity contribution is 0.179. The zero-order valence-electron chi connectivity index (χ0n) is 14.4. The molecule has 1 aromatic rings. The fourth-order valence-corrected chi connectivity index (χ4v) is 2.40. The molecule has 2 N–H and O–H groups in total. The molecule has 24 heavy (non-hydrogen) atoms. The number of hydrogen-bond acceptors (Lipinski definition) is 5. The number of methoxy groups -OCH3 is 2. The maximum absolute atomic E-state index is 6.26. The average Bonchev–Trinajstić information content (AvgIpc) is 2.53. The zero-order chi connectivity index (χ0) is 17.9. The Bertz CT molecular complexity index is 570. The lowest BCUT2D eigenvalue weighted by Crippen LogP contribution is -2.40. The zero-order valence-corrected chi connectivity index (χ0v) is 16.0. The number of rotatable bonds is 9. The summed E-state index contributed by atoms with van der Waals surface area (Å²) in [5.41, 5.74) is 3.51. The summed E-state index contributed by atoms with van der Waals surface area (Å²) in [7, 11) is 3.21. The molecule has 0 saturated carbocycles. The van der Waals surface area contributed by atoms with E-state index in [1.54, 1.807) is 32.6 Å². The summed E-state index contributed by atoms with van der Waals surface area (Å²) < 4.78 is 16.0. The quantitative estimate of drug-likeness (QED) is 0.394. The van der Waals surface area contributed by atoms with Crippen LogP contribution >= 0.6 is 23.8 Å². The van der Waals surface area contributed by atoms with Gasteiger partial charge >= 0.3 is 0 Å². The molecule has 0 aliphatic heterocycles. The Morgan fingerprint density at radius 1 is 1.42 bits per heavy atom. The molecule has 0 aliphatic carbocycles. The Hall–Kier alpha value is -1.57. The van der Waals surface area contributed by atoms with Gasteiger partial charge < -0.3 is 19.5 Å². The van der Waals surface area contributed by atoms with Crippen molar-refractivity contribution < 1.29 is 14.2 Å². The highest BCUT2D eigenvalue weighted by Gasteiger charge is 2.11. The number of benzene rings is 1. The maximum Gasteiger partial charge on any atom is 0.187 e. The topological polar surface area (TPSA) is 64.1 Å². The summed E-state index contributed by atoms with van der Waals surface area (Å²) in [4.78, 5) is 0. The van der Waals surface area contributed by atoms with Gasteiger partial charge in [-0.3, -0.25) is 5.43 Å². The third-order valence-corrected chi connectivity index (χ3v) is 3.37. The molecule has 0 radical (unpaired) electrons. The van der Waals surface area contributed by atoms with Crippen LogP contribution in [0, 0.1) is 0 Å². The number of hydrogen-bond donors (Lipinski definition) is 2. The number of thiocarbonyl (C=S) groups is 1. The Labute approximate surface area is 153 Å². The fourth-order valence-electron chi connectivity index (χ4n) is 1.87. The first-order valence-electron chi connectivity index (χ1n) is 7.60. The number of hydrazone groups is 1. The van der Waals surface area contributed by atoms with Gasteiger partial charge in [0.15, 0.2) is 16.6 Å². The highest BCUT2D eigenvalue weighted by atomic mass is 35.5. The Kier molecular flexibility index (Phi) is 9.44. The molecule has 0 aliphatic rings. The van der Waals surface area contributed by atoms with E-state index in [1.165, 1.54) is 0 Å². The smallest absolute Gasteiger partial charge is 0.187 e. The van der Waals surface area contributed by atoms with Crippen molar-refractivity contribution in [3.05, 3.63) is 22.7 Å². The standard InChI is InChI=1S/C16H24ClN3O3S/c1-5-6-23-15-13(17)7-12(8-14(15)22-4)9-18-20-16(24)19-11(2)10-21-3/h7-9,11H,5-6,10H2,1-4H3,(H2,19,20,24)/b18-9-/t11-/m1/s1. The lowest BCUT2D eigenvalue weighted by Gasteiger charge is -2.14. The van der Waals surface area contributed by atoms with Crippen LogP contribution in [0.5, 0.6) is 11.5 Å². The van der Waals surface area contributed by atoms with E-state index in [4.69, 9.17) is 38.0 Å². The van der Waals surface area contributed by atoms with Crippen molar-refractivity contribution >= 4 is 35.1 Å². The first kappa shape index (κ1) is 20.5. The van der Waals surface area contributed by atoms with Crippen molar-refractivity contribution in [1.29, 1.82) is 0 Å². The van der Waals surface area contributed by atoms with Gasteiger partial charge in [-0.15, -0.1) is 0 Å². The second-order valence-corrected chi connectivity index (χ2v) is 5.90. The molecule has 1 aromatic carbocycles. The number of ether oxygens (including phenoxy) is 3. The maximum atomic E-state index is 6.26. The van der Waals surface area contributed by atoms with E-state index >= 15 is 0 Å². The molecule has 0 amide bonds. The molecule has 1 rings (SSSR count). The van der Waals surface area contributed by atoms with E-state index in [0.717, 1.165) is 12.0 Å². The van der Waals surface area contributed by atoms with Crippen LogP contribution in [0.4, 0.5) is 0 Å². The first-order valence-corrected chi connectivity index (χ1v) is 8.39. The van der Waals surface area contributed by atoms with Gasteiger partial charge in [-0.25, -0.2) is 0 Å². The molecule has 134 valence electrons. The summed E-state index contributed by atoms with van der Waals surface area (Å²) in [6.45, 7) is 5.11. The lowest BCUT2D eigenvalue weighted by atomic mass is 10.2. The van der Waals surface area contributed by atoms with Gasteiger partial charge in [-0.1, -0.05) is 18.5 Å². The predicted molar refractivity (Wildman–Crippen MR) is 102 cm³/mol. The molecule has 0 aromatic heterocycles. The van der Waals surface area contributed by atoms with Crippen molar-refractivity contribution in [1.82, 2.24) is 10.7 Å². The van der Waals surface area contributed by atoms with Crippen LogP contribution in [0.2, 0.25) is 5.02 Å². The molecule has 0 bridgehead atoms. The van der Waals surface area contributed by atoms with Gasteiger partial charge in [0.25, 0.3) is 0 Å². The second kappa shape index (κ2) is 11.1. The van der Waals surface area contributed by atoms with Gasteiger partial charge in [0.2, 0.25) is 0 Å². The van der Waals surface area contributed by atoms with Gasteiger partial charge in [0, 0.05) is 13.2 Å². The predicted octanol–water partition coefficient (Wildman–Crippen LogP) is 2.97. The minimum Gasteiger partial charge on any atom is -0.493 e. The van der Waals surface area contributed by atoms with Crippen molar-refractivity contribution in [2.75, 3.05) is 27.4 Å². The van der Waals surface area contributed by atoms with Crippen LogP contribution in [0.3, 0.4) is 0 Å². The molecule has 0 unspecified atom stereocenters. The van der Waals surface area contributed by atoms with E-state index in [0.29, 0.717) is 34.8 Å². The second-order valence-electron chi connectivity index (χ2n) is 5.08. The summed E-state index contributed by atoms with van der Waals surface area (Å²) in [6.07, 6.45) is 2.49. The van der Waals surface area contributed by atoms with Gasteiger partial charge in [-0.2, -0.15) is 5.10 Å². The van der Waals surface area contributed by atoms with Gasteiger partial charge in [0.1, 0.15) is 0 Å². The number of nitrogens with one attached hydrogen (secondary N) is 2. The third-order valence-electron chi connectivity index (χ3n) is 2.88. The number of nitrogens with zero attached hydrogens (tertiary/aromatic N) is 1. The fraction of sp³-hybridized carbons (Fsp3) is 0.500. The van der Waals surface area contributed by atoms with Crippen LogP contribution in [0.1, 0.15) is 25.8 Å². The SMILES string of the molecule is CCCOc1c(Cl)cc(/C=N\NC(=S)N[C@H](C)COC)cc1OC. The average molecular weight is 374 g/mol. The molecule has 0 fully saturated rings.